The fourth-order valence-electron chi connectivity index (χ4n) is 11.5. The van der Waals surface area contributed by atoms with Crippen molar-refractivity contribution in [1.82, 2.24) is 29.1 Å². The number of rotatable bonds is 10. The summed E-state index contributed by atoms with van der Waals surface area (Å²) in [7, 11) is -2.78. The van der Waals surface area contributed by atoms with Crippen LogP contribution in [0.15, 0.2) is 279 Å². The lowest BCUT2D eigenvalue weighted by Gasteiger charge is -2.34. The van der Waals surface area contributed by atoms with Gasteiger partial charge in [0.2, 0.25) is 11.9 Å². The fraction of sp³-hybridized carbons (Fsp3) is 0. The van der Waals surface area contributed by atoms with Crippen LogP contribution in [-0.4, -0.2) is 37.1 Å². The van der Waals surface area contributed by atoms with Crippen molar-refractivity contribution < 1.29 is 0 Å². The van der Waals surface area contributed by atoms with Crippen molar-refractivity contribution in [3.63, 3.8) is 0 Å². The van der Waals surface area contributed by atoms with Gasteiger partial charge in [-0.15, -0.1) is 0 Å². The lowest BCUT2D eigenvalue weighted by Crippen LogP contribution is -2.74. The molecule has 10 aromatic carbocycles. The summed E-state index contributed by atoms with van der Waals surface area (Å²) in [6.45, 7) is 0. The summed E-state index contributed by atoms with van der Waals surface area (Å²) in [6.07, 6.45) is 1.90. The van der Waals surface area contributed by atoms with Crippen LogP contribution < -0.4 is 20.7 Å². The van der Waals surface area contributed by atoms with Gasteiger partial charge in [-0.3, -0.25) is 9.13 Å². The minimum Gasteiger partial charge on any atom is -0.278 e. The summed E-state index contributed by atoms with van der Waals surface area (Å²) in [5, 5.41) is 9.85. The summed E-state index contributed by atoms with van der Waals surface area (Å²) < 4.78 is 4.42. The van der Waals surface area contributed by atoms with Crippen LogP contribution in [0.2, 0.25) is 0 Å². The number of aromatic nitrogens is 6. The van der Waals surface area contributed by atoms with Gasteiger partial charge in [0.1, 0.15) is 0 Å². The Hall–Kier alpha value is -9.82. The van der Waals surface area contributed by atoms with Gasteiger partial charge in [-0.1, -0.05) is 231 Å². The molecule has 0 bridgehead atoms. The highest BCUT2D eigenvalue weighted by Gasteiger charge is 2.41. The summed E-state index contributed by atoms with van der Waals surface area (Å²) in [5.74, 6) is 1.23. The molecule has 0 spiro atoms. The van der Waals surface area contributed by atoms with E-state index in [0.717, 1.165) is 88.5 Å². The van der Waals surface area contributed by atoms with Gasteiger partial charge in [0.15, 0.2) is 8.07 Å². The largest absolute Gasteiger partial charge is 0.278 e. The average Bonchev–Trinajstić information content (AvgIpc) is 4.02. The molecule has 352 valence electrons. The minimum absolute atomic E-state index is 0.611. The molecule has 14 rings (SSSR count). The second kappa shape index (κ2) is 18.3. The third-order valence-corrected chi connectivity index (χ3v) is 19.6. The molecule has 0 fully saturated rings. The first-order chi connectivity index (χ1) is 37.2. The summed E-state index contributed by atoms with van der Waals surface area (Å²) >= 11 is 0. The Bertz CT molecular complexity index is 4270. The van der Waals surface area contributed by atoms with Gasteiger partial charge in [-0.25, -0.2) is 19.9 Å². The molecule has 75 heavy (non-hydrogen) atoms. The van der Waals surface area contributed by atoms with E-state index in [1.165, 1.54) is 20.7 Å². The average molecular weight is 975 g/mol. The molecule has 0 amide bonds. The Morgan fingerprint density at radius 1 is 0.280 bits per heavy atom. The van der Waals surface area contributed by atoms with Crippen LogP contribution in [0.4, 0.5) is 0 Å². The number of hydrogen-bond acceptors (Lipinski definition) is 4. The molecule has 0 saturated carbocycles. The zero-order valence-corrected chi connectivity index (χ0v) is 41.7. The SMILES string of the molecule is c1ccc(-c2cc(-c3cccc(-c4cccc5c4c4ccccc4n5-c4nccc(-c5cccc([Si](c6ccccc6)(c6ccccc6)c6ccccc6)c5)n4)c3)nc(-n3c4ccccc4c4ccccc43)n2)cc1. The maximum absolute atomic E-state index is 5.43. The number of fused-ring (bicyclic) bond motifs is 6. The Balaban J connectivity index is 0.901. The van der Waals surface area contributed by atoms with Crippen LogP contribution in [0.5, 0.6) is 0 Å². The molecular formula is C68H46N6Si. The molecule has 0 aliphatic heterocycles. The van der Waals surface area contributed by atoms with Crippen LogP contribution >= 0.6 is 0 Å². The van der Waals surface area contributed by atoms with Crippen LogP contribution in [0, 0.1) is 0 Å². The summed E-state index contributed by atoms with van der Waals surface area (Å²) in [4.78, 5) is 21.1. The Labute approximate surface area is 435 Å². The molecule has 7 heteroatoms. The molecule has 0 N–H and O–H groups in total. The molecule has 0 atom stereocenters. The van der Waals surface area contributed by atoms with E-state index >= 15 is 0 Å². The first-order valence-electron chi connectivity index (χ1n) is 25.4. The molecule has 0 radical (unpaired) electrons. The topological polar surface area (TPSA) is 61.4 Å². The van der Waals surface area contributed by atoms with Crippen molar-refractivity contribution in [2.24, 2.45) is 0 Å². The van der Waals surface area contributed by atoms with Crippen LogP contribution in [0.3, 0.4) is 0 Å². The van der Waals surface area contributed by atoms with Crippen LogP contribution in [0.25, 0.3) is 100 Å². The maximum atomic E-state index is 5.43. The molecular weight excluding hydrogens is 929 g/mol. The smallest absolute Gasteiger partial charge is 0.235 e. The van der Waals surface area contributed by atoms with Crippen LogP contribution in [0.1, 0.15) is 0 Å². The summed E-state index contributed by atoms with van der Waals surface area (Å²) in [6, 6.07) is 97.7. The van der Waals surface area contributed by atoms with E-state index in [-0.39, 0.29) is 0 Å². The second-order valence-electron chi connectivity index (χ2n) is 19.0. The highest BCUT2D eigenvalue weighted by atomic mass is 28.3. The van der Waals surface area contributed by atoms with Crippen molar-refractivity contribution in [2.75, 3.05) is 0 Å². The molecule has 0 saturated heterocycles. The van der Waals surface area contributed by atoms with Crippen molar-refractivity contribution in [3.05, 3.63) is 279 Å². The molecule has 4 aromatic heterocycles. The van der Waals surface area contributed by atoms with Gasteiger partial charge in [0.25, 0.3) is 0 Å². The number of benzene rings is 10. The molecule has 4 heterocycles. The quantitative estimate of drug-likeness (QED) is 0.101. The Morgan fingerprint density at radius 3 is 1.33 bits per heavy atom. The van der Waals surface area contributed by atoms with Gasteiger partial charge < -0.3 is 0 Å². The van der Waals surface area contributed by atoms with Crippen molar-refractivity contribution in [1.29, 1.82) is 0 Å². The van der Waals surface area contributed by atoms with Gasteiger partial charge in [0.05, 0.1) is 39.1 Å². The zero-order chi connectivity index (χ0) is 49.7. The van der Waals surface area contributed by atoms with Crippen molar-refractivity contribution in [3.8, 4) is 56.8 Å². The first-order valence-corrected chi connectivity index (χ1v) is 27.4. The van der Waals surface area contributed by atoms with Crippen molar-refractivity contribution >= 4 is 72.4 Å². The van der Waals surface area contributed by atoms with Gasteiger partial charge in [-0.2, -0.15) is 0 Å². The maximum Gasteiger partial charge on any atom is 0.235 e. The summed E-state index contributed by atoms with van der Waals surface area (Å²) in [5.41, 5.74) is 12.0. The van der Waals surface area contributed by atoms with E-state index in [1.54, 1.807) is 0 Å². The van der Waals surface area contributed by atoms with Crippen LogP contribution in [-0.2, 0) is 0 Å². The van der Waals surface area contributed by atoms with Gasteiger partial charge >= 0.3 is 0 Å². The van der Waals surface area contributed by atoms with E-state index in [4.69, 9.17) is 19.9 Å². The lowest BCUT2D eigenvalue weighted by atomic mass is 9.97. The monoisotopic (exact) mass is 974 g/mol. The Morgan fingerprint density at radius 2 is 0.707 bits per heavy atom. The highest BCUT2D eigenvalue weighted by molar-refractivity contribution is 7.19. The number of nitrogens with zero attached hydrogens (tertiary/aromatic N) is 6. The predicted molar refractivity (Wildman–Crippen MR) is 312 cm³/mol. The van der Waals surface area contributed by atoms with Gasteiger partial charge in [0, 0.05) is 44.4 Å². The first kappa shape index (κ1) is 43.9. The molecule has 14 aromatic rings. The fourth-order valence-corrected chi connectivity index (χ4v) is 16.3. The van der Waals surface area contributed by atoms with Gasteiger partial charge in [-0.05, 0) is 74.3 Å². The molecule has 0 unspecified atom stereocenters. The van der Waals surface area contributed by atoms with E-state index < -0.39 is 8.07 Å². The Kier molecular flexibility index (Phi) is 10.7. The lowest BCUT2D eigenvalue weighted by molar-refractivity contribution is 0.992. The second-order valence-corrected chi connectivity index (χ2v) is 22.8. The van der Waals surface area contributed by atoms with Crippen molar-refractivity contribution in [2.45, 2.75) is 0 Å². The van der Waals surface area contributed by atoms with E-state index in [1.807, 2.05) is 18.3 Å². The standard InChI is InChI=1S/C68H46N6Si/c1-5-22-47(23-6-1)60-46-61(72-68(71-60)73-62-38-16-13-34-56(62)57-35-14-17-39-63(57)73)49-25-19-24-48(44-49)55-37-21-41-65-66(55)58-36-15-18-40-64(58)74(65)67-69-43-42-59(70-67)50-26-20-33-54(45-50)75(51-27-7-2-8-28-51,52-29-9-3-10-30-52)53-31-11-4-12-32-53/h1-46H. The highest BCUT2D eigenvalue weighted by Crippen LogP contribution is 2.40. The van der Waals surface area contributed by atoms with E-state index in [0.29, 0.717) is 11.9 Å². The van der Waals surface area contributed by atoms with E-state index in [2.05, 4.69) is 270 Å². The number of para-hydroxylation sites is 3. The predicted octanol–water partition coefficient (Wildman–Crippen LogP) is 13.5. The number of hydrogen-bond donors (Lipinski definition) is 0. The third-order valence-electron chi connectivity index (χ3n) is 14.8. The normalized spacial score (nSPS) is 11.7. The zero-order valence-electron chi connectivity index (χ0n) is 40.7. The molecule has 0 aliphatic carbocycles. The molecule has 6 nitrogen and oxygen atoms in total. The third kappa shape index (κ3) is 7.39. The minimum atomic E-state index is -2.78. The molecule has 0 aliphatic rings. The van der Waals surface area contributed by atoms with E-state index in [9.17, 15) is 0 Å².